The van der Waals surface area contributed by atoms with Crippen molar-refractivity contribution in [2.24, 2.45) is 0 Å². The van der Waals surface area contributed by atoms with E-state index in [1.54, 1.807) is 0 Å². The SMILES string of the molecule is [2H]C1=c2c([2H])c([2H])c([2H])c3c2=C(c2c([2H])c([2H])c(-c4c([2H])c(-c5c([2H])c([2H])c([2H])c([2H])c5[2H])c([2H])c(-c5c([2H])c([2H])c6c([2H])c([2H])c7c([2H])c([2H])c([2H])c8c([2H])c([2H])c5c6c78)c4[2H])c([2H])c2C3(C)C)C([2H])C1[2H]. The first-order valence-electron chi connectivity index (χ1n) is 27.8. The Labute approximate surface area is 311 Å². The summed E-state index contributed by atoms with van der Waals surface area (Å²) in [6.07, 6.45) is -3.41. The first-order chi connectivity index (χ1) is 33.9. The molecule has 0 saturated carbocycles. The molecule has 222 valence electrons. The fraction of sp³-hybridized carbons (Fsp3) is 0.106. The van der Waals surface area contributed by atoms with Gasteiger partial charge in [0, 0.05) is 8.16 Å². The molecule has 0 amide bonds. The van der Waals surface area contributed by atoms with E-state index < -0.39 is 218 Å². The highest BCUT2D eigenvalue weighted by Gasteiger charge is 2.33. The van der Waals surface area contributed by atoms with Crippen molar-refractivity contribution in [3.8, 4) is 33.4 Å². The van der Waals surface area contributed by atoms with E-state index in [1.807, 2.05) is 0 Å². The van der Waals surface area contributed by atoms with Gasteiger partial charge in [-0.3, -0.25) is 0 Å². The van der Waals surface area contributed by atoms with Crippen LogP contribution in [0, 0.1) is 0 Å². The van der Waals surface area contributed by atoms with Crippen molar-refractivity contribution in [3.05, 3.63) is 166 Å². The first kappa shape index (κ1) is 11.7. The zero-order valence-electron chi connectivity index (χ0n) is 50.7. The summed E-state index contributed by atoms with van der Waals surface area (Å²) in [6, 6.07) is -19.5. The quantitative estimate of drug-likeness (QED) is 0.172. The molecule has 0 radical (unpaired) electrons. The lowest BCUT2D eigenvalue weighted by Crippen LogP contribution is -2.42. The van der Waals surface area contributed by atoms with E-state index in [2.05, 4.69) is 0 Å². The molecule has 0 spiro atoms. The van der Waals surface area contributed by atoms with Gasteiger partial charge in [-0.25, -0.2) is 0 Å². The van der Waals surface area contributed by atoms with Gasteiger partial charge in [0.1, 0.15) is 0 Å². The molecule has 0 bridgehead atoms. The number of hydrogen-bond acceptors (Lipinski definition) is 0. The molecule has 8 aromatic carbocycles. The average molecular weight is 625 g/mol. The summed E-state index contributed by atoms with van der Waals surface area (Å²) in [5, 5.41) is -2.79. The van der Waals surface area contributed by atoms with E-state index in [4.69, 9.17) is 20.6 Å². The van der Waals surface area contributed by atoms with Gasteiger partial charge in [-0.2, -0.15) is 0 Å². The van der Waals surface area contributed by atoms with Gasteiger partial charge < -0.3 is 0 Å². The van der Waals surface area contributed by atoms with Crippen molar-refractivity contribution in [2.45, 2.75) is 32.1 Å². The topological polar surface area (TPSA) is 0 Å². The Morgan fingerprint density at radius 1 is 0.532 bits per heavy atom. The van der Waals surface area contributed by atoms with E-state index in [0.717, 1.165) is 0 Å². The van der Waals surface area contributed by atoms with Gasteiger partial charge in [-0.15, -0.1) is 0 Å². The fourth-order valence-corrected chi connectivity index (χ4v) is 6.55. The van der Waals surface area contributed by atoms with Gasteiger partial charge in [0.2, 0.25) is 0 Å². The molecule has 2 atom stereocenters. The average Bonchev–Trinajstić information content (AvgIpc) is 3.33. The van der Waals surface area contributed by atoms with Crippen LogP contribution in [0.5, 0.6) is 0 Å². The van der Waals surface area contributed by atoms with Crippen molar-refractivity contribution >= 4 is 43.9 Å². The summed E-state index contributed by atoms with van der Waals surface area (Å²) in [5.41, 5.74) is -7.19. The normalized spacial score (nSPS) is 25.8. The van der Waals surface area contributed by atoms with E-state index in [-0.39, 0.29) is 43.5 Å². The van der Waals surface area contributed by atoms with Crippen LogP contribution in [0.15, 0.2) is 139 Å². The lowest BCUT2D eigenvalue weighted by Gasteiger charge is -2.36. The van der Waals surface area contributed by atoms with Crippen LogP contribution in [0.25, 0.3) is 77.3 Å². The van der Waals surface area contributed by atoms with Crippen molar-refractivity contribution in [1.29, 1.82) is 0 Å². The molecule has 2 aliphatic rings. The Morgan fingerprint density at radius 2 is 1.21 bits per heavy atom. The Kier molecular flexibility index (Phi) is 2.42. The summed E-state index contributed by atoms with van der Waals surface area (Å²) < 4.78 is 238. The van der Waals surface area contributed by atoms with Crippen LogP contribution < -0.4 is 10.4 Å². The summed E-state index contributed by atoms with van der Waals surface area (Å²) in [7, 11) is 0. The van der Waals surface area contributed by atoms with Crippen LogP contribution in [0.2, 0.25) is 0 Å². The van der Waals surface area contributed by atoms with Crippen LogP contribution in [-0.2, 0) is 5.41 Å². The Bertz CT molecular complexity index is 4080. The van der Waals surface area contributed by atoms with Crippen molar-refractivity contribution < 1.29 is 35.6 Å². The van der Waals surface area contributed by atoms with E-state index in [9.17, 15) is 15.1 Å². The molecule has 0 heteroatoms. The molecule has 0 aromatic heterocycles. The second-order valence-electron chi connectivity index (χ2n) is 11.8. The number of fused-ring (bicyclic) bond motifs is 2. The van der Waals surface area contributed by atoms with Gasteiger partial charge in [-0.05, 0) is 135 Å². The van der Waals surface area contributed by atoms with Crippen LogP contribution in [0.4, 0.5) is 0 Å². The van der Waals surface area contributed by atoms with Crippen molar-refractivity contribution in [3.63, 3.8) is 0 Å². The largest absolute Gasteiger partial charge is 0.0763 e. The number of hydrogen-bond donors (Lipinski definition) is 0. The van der Waals surface area contributed by atoms with Gasteiger partial charge >= 0.3 is 0 Å². The number of rotatable bonds is 3. The standard InChI is InChI=1S/C47H34/c1-47(2)42-16-8-14-30-13-7-15-40(45(30)42)39-23-21-34(28-43(39)47)36-25-35(29-9-4-3-5-10-29)26-37(27-36)38-22-19-33-18-17-31-11-6-12-32-20-24-41(38)46(33)44(31)32/h3-6,8-14,16-28H,7,15H2,1-2H3/i3D,4D,5D,6D,7D,8D,9D,10D,11D,12D,13D,14D,15D,16D,17D,18D,19D,20D,21D,22D,23D,24D,25D,26D,27D,28D. The third kappa shape index (κ3) is 3.88. The maximum Gasteiger partial charge on any atom is 0.0636 e. The molecule has 2 aliphatic carbocycles. The first-order valence-corrected chi connectivity index (χ1v) is 14.7. The molecule has 8 aromatic rings. The zero-order valence-corrected chi connectivity index (χ0v) is 24.7. The molecule has 0 aliphatic heterocycles. The Hall–Kier alpha value is -5.46. The minimum absolute atomic E-state index is 0.0470. The summed E-state index contributed by atoms with van der Waals surface area (Å²) in [5.74, 6) is 0. The molecule has 47 heavy (non-hydrogen) atoms. The molecule has 0 saturated heterocycles. The van der Waals surface area contributed by atoms with Crippen LogP contribution in [0.1, 0.15) is 79.0 Å². The van der Waals surface area contributed by atoms with Gasteiger partial charge in [0.15, 0.2) is 0 Å². The summed E-state index contributed by atoms with van der Waals surface area (Å²) >= 11 is 0. The Balaban J connectivity index is 1.47. The molecule has 0 fully saturated rings. The highest BCUT2D eigenvalue weighted by Crippen LogP contribution is 2.44. The highest BCUT2D eigenvalue weighted by atomic mass is 14.4. The molecule has 0 N–H and O–H groups in total. The molecule has 0 nitrogen and oxygen atoms in total. The molecule has 10 rings (SSSR count). The van der Waals surface area contributed by atoms with Crippen molar-refractivity contribution in [2.75, 3.05) is 0 Å². The van der Waals surface area contributed by atoms with Crippen LogP contribution in [-0.4, -0.2) is 0 Å². The predicted octanol–water partition coefficient (Wildman–Crippen LogP) is 11.0. The predicted molar refractivity (Wildman–Crippen MR) is 200 cm³/mol. The minimum atomic E-state index is -1.70. The molecule has 0 heterocycles. The highest BCUT2D eigenvalue weighted by molar-refractivity contribution is 6.25. The second-order valence-corrected chi connectivity index (χ2v) is 11.8. The van der Waals surface area contributed by atoms with Crippen LogP contribution in [0.3, 0.4) is 0 Å². The smallest absolute Gasteiger partial charge is 0.0636 e. The fourth-order valence-electron chi connectivity index (χ4n) is 6.55. The van der Waals surface area contributed by atoms with Crippen molar-refractivity contribution in [1.82, 2.24) is 0 Å². The molecular weight excluding hydrogens is 565 g/mol. The maximum absolute atomic E-state index is 10.1. The lowest BCUT2D eigenvalue weighted by atomic mass is 9.68. The third-order valence-corrected chi connectivity index (χ3v) is 8.77. The second kappa shape index (κ2) is 9.77. The monoisotopic (exact) mass is 624 g/mol. The van der Waals surface area contributed by atoms with Gasteiger partial charge in [0.05, 0.1) is 32.9 Å². The molecule has 2 unspecified atom stereocenters. The zero-order chi connectivity index (χ0) is 53.9. The van der Waals surface area contributed by atoms with Crippen LogP contribution >= 0.6 is 0 Å². The van der Waals surface area contributed by atoms with Gasteiger partial charge in [0.25, 0.3) is 0 Å². The number of benzene rings is 8. The molecular formula is C47H34. The van der Waals surface area contributed by atoms with E-state index >= 15 is 0 Å². The third-order valence-electron chi connectivity index (χ3n) is 8.77. The van der Waals surface area contributed by atoms with E-state index in [1.165, 1.54) is 13.8 Å². The van der Waals surface area contributed by atoms with E-state index in [0.29, 0.717) is 0 Å². The lowest BCUT2D eigenvalue weighted by molar-refractivity contribution is 0.624. The summed E-state index contributed by atoms with van der Waals surface area (Å²) in [4.78, 5) is 0. The maximum atomic E-state index is 10.1. The minimum Gasteiger partial charge on any atom is -0.0763 e. The van der Waals surface area contributed by atoms with Gasteiger partial charge in [-0.1, -0.05) is 135 Å². The Morgan fingerprint density at radius 3 is 2.04 bits per heavy atom. The summed E-state index contributed by atoms with van der Waals surface area (Å²) in [6.45, 7) is 2.97.